The van der Waals surface area contributed by atoms with Crippen LogP contribution in [0.1, 0.15) is 45.9 Å². The Morgan fingerprint density at radius 3 is 2.75 bits per heavy atom. The number of aryl methyl sites for hydroxylation is 1. The van der Waals surface area contributed by atoms with Crippen LogP contribution in [0.5, 0.6) is 0 Å². The first-order valence-electron chi connectivity index (χ1n) is 6.44. The minimum Gasteiger partial charge on any atom is -0.335 e. The van der Waals surface area contributed by atoms with E-state index in [0.717, 1.165) is 25.2 Å². The van der Waals surface area contributed by atoms with Gasteiger partial charge in [-0.1, -0.05) is 27.2 Å². The van der Waals surface area contributed by atoms with Crippen LogP contribution in [-0.2, 0) is 13.0 Å². The van der Waals surface area contributed by atoms with Crippen molar-refractivity contribution in [2.24, 2.45) is 11.7 Å². The SMILES string of the molecule is CCCC(C)C(N)Cc1nccn1CCC. The van der Waals surface area contributed by atoms with Crippen LogP contribution in [0, 0.1) is 5.92 Å². The first kappa shape index (κ1) is 13.2. The molecule has 0 aliphatic heterocycles. The first-order valence-corrected chi connectivity index (χ1v) is 6.44. The number of nitrogens with two attached hydrogens (primary N) is 1. The second-order valence-corrected chi connectivity index (χ2v) is 4.67. The molecule has 0 fully saturated rings. The molecule has 0 spiro atoms. The van der Waals surface area contributed by atoms with Crippen LogP contribution in [0.4, 0.5) is 0 Å². The number of aromatic nitrogens is 2. The fourth-order valence-electron chi connectivity index (χ4n) is 2.06. The summed E-state index contributed by atoms with van der Waals surface area (Å²) < 4.78 is 2.22. The third kappa shape index (κ3) is 3.63. The Bertz CT molecular complexity index is 293. The van der Waals surface area contributed by atoms with Gasteiger partial charge in [-0.05, 0) is 18.8 Å². The molecule has 0 aromatic carbocycles. The maximum atomic E-state index is 6.21. The maximum absolute atomic E-state index is 6.21. The molecular formula is C13H25N3. The second kappa shape index (κ2) is 6.69. The molecule has 3 heteroatoms. The predicted molar refractivity (Wildman–Crippen MR) is 68.3 cm³/mol. The van der Waals surface area contributed by atoms with Gasteiger partial charge < -0.3 is 10.3 Å². The summed E-state index contributed by atoms with van der Waals surface area (Å²) in [6.45, 7) is 7.68. The van der Waals surface area contributed by atoms with Crippen molar-refractivity contribution in [1.29, 1.82) is 0 Å². The standard InChI is InChI=1S/C13H25N3/c1-4-6-11(3)12(14)10-13-15-7-9-16(13)8-5-2/h7,9,11-12H,4-6,8,10,14H2,1-3H3. The van der Waals surface area contributed by atoms with Gasteiger partial charge in [-0.25, -0.2) is 4.98 Å². The lowest BCUT2D eigenvalue weighted by Crippen LogP contribution is -2.31. The summed E-state index contributed by atoms with van der Waals surface area (Å²) in [5, 5.41) is 0. The smallest absolute Gasteiger partial charge is 0.110 e. The van der Waals surface area contributed by atoms with Gasteiger partial charge in [0.05, 0.1) is 0 Å². The number of imidazole rings is 1. The predicted octanol–water partition coefficient (Wildman–Crippen LogP) is 2.60. The van der Waals surface area contributed by atoms with E-state index in [1.165, 1.54) is 12.8 Å². The highest BCUT2D eigenvalue weighted by Crippen LogP contribution is 2.13. The van der Waals surface area contributed by atoms with Crippen molar-refractivity contribution in [2.45, 2.75) is 59.0 Å². The van der Waals surface area contributed by atoms with Crippen molar-refractivity contribution in [2.75, 3.05) is 0 Å². The molecule has 0 radical (unpaired) electrons. The summed E-state index contributed by atoms with van der Waals surface area (Å²) in [6.07, 6.45) is 8.38. The van der Waals surface area contributed by atoms with Crippen LogP contribution in [-0.4, -0.2) is 15.6 Å². The number of hydrogen-bond acceptors (Lipinski definition) is 2. The van der Waals surface area contributed by atoms with Crippen LogP contribution >= 0.6 is 0 Å². The molecule has 2 atom stereocenters. The quantitative estimate of drug-likeness (QED) is 0.772. The Morgan fingerprint density at radius 2 is 2.12 bits per heavy atom. The van der Waals surface area contributed by atoms with E-state index in [4.69, 9.17) is 5.73 Å². The highest BCUT2D eigenvalue weighted by molar-refractivity contribution is 4.96. The van der Waals surface area contributed by atoms with Gasteiger partial charge in [0.1, 0.15) is 5.82 Å². The van der Waals surface area contributed by atoms with E-state index in [9.17, 15) is 0 Å². The van der Waals surface area contributed by atoms with Crippen molar-refractivity contribution < 1.29 is 0 Å². The van der Waals surface area contributed by atoms with Gasteiger partial charge in [0.15, 0.2) is 0 Å². The van der Waals surface area contributed by atoms with Crippen molar-refractivity contribution in [3.05, 3.63) is 18.2 Å². The Hall–Kier alpha value is -0.830. The molecule has 0 saturated carbocycles. The normalized spacial score (nSPS) is 15.0. The van der Waals surface area contributed by atoms with Crippen LogP contribution in [0.3, 0.4) is 0 Å². The van der Waals surface area contributed by atoms with E-state index >= 15 is 0 Å². The molecule has 0 amide bonds. The van der Waals surface area contributed by atoms with E-state index in [2.05, 4.69) is 36.5 Å². The molecule has 1 aromatic rings. The Kier molecular flexibility index (Phi) is 5.53. The molecule has 3 nitrogen and oxygen atoms in total. The summed E-state index contributed by atoms with van der Waals surface area (Å²) in [4.78, 5) is 4.40. The van der Waals surface area contributed by atoms with Crippen molar-refractivity contribution in [1.82, 2.24) is 9.55 Å². The van der Waals surface area contributed by atoms with E-state index in [0.29, 0.717) is 5.92 Å². The lowest BCUT2D eigenvalue weighted by Gasteiger charge is -2.19. The van der Waals surface area contributed by atoms with Gasteiger partial charge in [0.25, 0.3) is 0 Å². The average Bonchev–Trinajstić information content (AvgIpc) is 2.67. The van der Waals surface area contributed by atoms with Crippen LogP contribution in [0.25, 0.3) is 0 Å². The van der Waals surface area contributed by atoms with Crippen molar-refractivity contribution >= 4 is 0 Å². The fourth-order valence-corrected chi connectivity index (χ4v) is 2.06. The zero-order chi connectivity index (χ0) is 12.0. The highest BCUT2D eigenvalue weighted by atomic mass is 15.1. The third-order valence-electron chi connectivity index (χ3n) is 3.16. The van der Waals surface area contributed by atoms with Gasteiger partial charge in [-0.2, -0.15) is 0 Å². The van der Waals surface area contributed by atoms with Gasteiger partial charge in [-0.15, -0.1) is 0 Å². The molecule has 2 N–H and O–H groups in total. The van der Waals surface area contributed by atoms with E-state index in [-0.39, 0.29) is 6.04 Å². The molecule has 92 valence electrons. The molecule has 1 rings (SSSR count). The van der Waals surface area contributed by atoms with Crippen LogP contribution in [0.2, 0.25) is 0 Å². The lowest BCUT2D eigenvalue weighted by atomic mass is 9.95. The summed E-state index contributed by atoms with van der Waals surface area (Å²) in [5.41, 5.74) is 6.21. The Morgan fingerprint density at radius 1 is 1.38 bits per heavy atom. The minimum atomic E-state index is 0.234. The van der Waals surface area contributed by atoms with Crippen molar-refractivity contribution in [3.8, 4) is 0 Å². The summed E-state index contributed by atoms with van der Waals surface area (Å²) in [5.74, 6) is 1.72. The van der Waals surface area contributed by atoms with Gasteiger partial charge >= 0.3 is 0 Å². The van der Waals surface area contributed by atoms with E-state index in [1.54, 1.807) is 0 Å². The molecule has 2 unspecified atom stereocenters. The second-order valence-electron chi connectivity index (χ2n) is 4.67. The highest BCUT2D eigenvalue weighted by Gasteiger charge is 2.14. The summed E-state index contributed by atoms with van der Waals surface area (Å²) >= 11 is 0. The molecular weight excluding hydrogens is 198 g/mol. The van der Waals surface area contributed by atoms with Gasteiger partial charge in [0.2, 0.25) is 0 Å². The monoisotopic (exact) mass is 223 g/mol. The summed E-state index contributed by atoms with van der Waals surface area (Å²) in [6, 6.07) is 0.234. The zero-order valence-corrected chi connectivity index (χ0v) is 10.8. The molecule has 0 aliphatic rings. The van der Waals surface area contributed by atoms with Crippen LogP contribution in [0.15, 0.2) is 12.4 Å². The zero-order valence-electron chi connectivity index (χ0n) is 10.8. The van der Waals surface area contributed by atoms with E-state index < -0.39 is 0 Å². The summed E-state index contributed by atoms with van der Waals surface area (Å²) in [7, 11) is 0. The third-order valence-corrected chi connectivity index (χ3v) is 3.16. The Labute approximate surface area is 99.1 Å². The molecule has 0 saturated heterocycles. The van der Waals surface area contributed by atoms with E-state index in [1.807, 2.05) is 6.20 Å². The molecule has 1 aromatic heterocycles. The number of hydrogen-bond donors (Lipinski definition) is 1. The molecule has 0 aliphatic carbocycles. The van der Waals surface area contributed by atoms with Crippen molar-refractivity contribution in [3.63, 3.8) is 0 Å². The first-order chi connectivity index (χ1) is 7.69. The number of nitrogens with zero attached hydrogens (tertiary/aromatic N) is 2. The lowest BCUT2D eigenvalue weighted by molar-refractivity contribution is 0.409. The minimum absolute atomic E-state index is 0.234. The average molecular weight is 223 g/mol. The number of rotatable bonds is 7. The Balaban J connectivity index is 2.54. The fraction of sp³-hybridized carbons (Fsp3) is 0.769. The van der Waals surface area contributed by atoms with Crippen LogP contribution < -0.4 is 5.73 Å². The topological polar surface area (TPSA) is 43.8 Å². The van der Waals surface area contributed by atoms with Gasteiger partial charge in [0, 0.05) is 31.4 Å². The largest absolute Gasteiger partial charge is 0.335 e. The molecule has 16 heavy (non-hydrogen) atoms. The van der Waals surface area contributed by atoms with Gasteiger partial charge in [-0.3, -0.25) is 0 Å². The molecule has 1 heterocycles. The molecule has 0 bridgehead atoms. The maximum Gasteiger partial charge on any atom is 0.110 e.